The normalized spacial score (nSPS) is 10.8. The molecule has 0 aliphatic carbocycles. The molecule has 0 fully saturated rings. The van der Waals surface area contributed by atoms with Gasteiger partial charge in [-0.3, -0.25) is 14.4 Å². The van der Waals surface area contributed by atoms with Gasteiger partial charge in [-0.15, -0.1) is 0 Å². The van der Waals surface area contributed by atoms with Crippen LogP contribution in [-0.2, 0) is 36.9 Å². The molecule has 7 aromatic rings. The summed E-state index contributed by atoms with van der Waals surface area (Å²) in [6.07, 6.45) is 4.66. The van der Waals surface area contributed by atoms with Gasteiger partial charge < -0.3 is 24.5 Å². The fourth-order valence-corrected chi connectivity index (χ4v) is 8.57. The van der Waals surface area contributed by atoms with E-state index in [9.17, 15) is 23.2 Å². The van der Waals surface area contributed by atoms with Gasteiger partial charge in [-0.05, 0) is 192 Å². The molecule has 0 saturated heterocycles. The fraction of sp³-hybridized carbons (Fsp3) is 0.384. The monoisotopic (exact) mass is 1130 g/mol. The van der Waals surface area contributed by atoms with Crippen molar-refractivity contribution in [2.24, 2.45) is 0 Å². The zero-order chi connectivity index (χ0) is 61.1. The first-order valence-corrected chi connectivity index (χ1v) is 29.7. The molecular weight excluding hydrogens is 1030 g/mol. The Kier molecular flexibility index (Phi) is 33.1. The number of hydrogen-bond donors (Lipinski definition) is 0. The molecule has 0 saturated carbocycles. The Hall–Kier alpha value is -7.27. The van der Waals surface area contributed by atoms with E-state index in [0.29, 0.717) is 24.2 Å². The van der Waals surface area contributed by atoms with Gasteiger partial charge in [0, 0.05) is 81.0 Å². The zero-order valence-corrected chi connectivity index (χ0v) is 52.2. The second kappa shape index (κ2) is 39.3. The highest BCUT2D eigenvalue weighted by Gasteiger charge is 2.20. The van der Waals surface area contributed by atoms with Crippen LogP contribution in [0.15, 0.2) is 200 Å². The quantitative estimate of drug-likeness (QED) is 0.0676. The third-order valence-corrected chi connectivity index (χ3v) is 14.4. The lowest BCUT2D eigenvalue weighted by Crippen LogP contribution is -2.38. The Balaban J connectivity index is 0.000000276. The number of likely N-dealkylation sites (N-methyl/N-ethyl adjacent to an activating group) is 2. The number of benzene rings is 7. The van der Waals surface area contributed by atoms with E-state index in [1.807, 2.05) is 152 Å². The van der Waals surface area contributed by atoms with E-state index < -0.39 is 0 Å². The topological polar surface area (TPSA) is 67.4 Å². The highest BCUT2D eigenvalue weighted by Crippen LogP contribution is 2.14. The van der Waals surface area contributed by atoms with Crippen molar-refractivity contribution in [1.29, 1.82) is 0 Å². The Morgan fingerprint density at radius 3 is 0.783 bits per heavy atom. The minimum atomic E-state index is -0.236. The minimum absolute atomic E-state index is 0.0349. The second-order valence-corrected chi connectivity index (χ2v) is 22.3. The number of halogens is 2. The highest BCUT2D eigenvalue weighted by atomic mass is 19.1. The summed E-state index contributed by atoms with van der Waals surface area (Å²) in [7, 11) is 4.28. The molecule has 0 N–H and O–H groups in total. The molecule has 7 rings (SSSR count). The number of carbonyl (C=O) groups is 3. The molecule has 446 valence electrons. The zero-order valence-electron chi connectivity index (χ0n) is 52.2. The van der Waals surface area contributed by atoms with Crippen LogP contribution in [0.1, 0.15) is 125 Å². The molecule has 3 amide bonds. The average molecular weight is 1130 g/mol. The largest absolute Gasteiger partial charge is 0.340 e. The third-order valence-electron chi connectivity index (χ3n) is 14.4. The first-order chi connectivity index (χ1) is 39.7. The van der Waals surface area contributed by atoms with E-state index >= 15 is 0 Å². The molecule has 0 spiro atoms. The van der Waals surface area contributed by atoms with Crippen molar-refractivity contribution in [3.63, 3.8) is 0 Å². The summed E-state index contributed by atoms with van der Waals surface area (Å²) in [6.45, 7) is 27.0. The number of nitrogens with zero attached hydrogens (tertiary/aromatic N) is 5. The fourth-order valence-electron chi connectivity index (χ4n) is 8.57. The van der Waals surface area contributed by atoms with Crippen molar-refractivity contribution in [2.45, 2.75) is 138 Å². The first kappa shape index (κ1) is 70.0. The van der Waals surface area contributed by atoms with Crippen LogP contribution < -0.4 is 0 Å². The van der Waals surface area contributed by atoms with Crippen LogP contribution in [0.4, 0.5) is 8.78 Å². The van der Waals surface area contributed by atoms with Crippen molar-refractivity contribution in [1.82, 2.24) is 24.5 Å². The number of rotatable bonds is 22. The van der Waals surface area contributed by atoms with Gasteiger partial charge in [0.1, 0.15) is 11.6 Å². The van der Waals surface area contributed by atoms with Crippen molar-refractivity contribution in [2.75, 3.05) is 46.8 Å². The Morgan fingerprint density at radius 1 is 0.313 bits per heavy atom. The van der Waals surface area contributed by atoms with E-state index in [-0.39, 0.29) is 47.5 Å². The smallest absolute Gasteiger partial charge is 0.254 e. The van der Waals surface area contributed by atoms with Crippen LogP contribution in [0.3, 0.4) is 0 Å². The van der Waals surface area contributed by atoms with Gasteiger partial charge in [-0.2, -0.15) is 0 Å². The summed E-state index contributed by atoms with van der Waals surface area (Å²) in [6, 6.07) is 65.0. The van der Waals surface area contributed by atoms with Gasteiger partial charge in [0.25, 0.3) is 11.8 Å². The van der Waals surface area contributed by atoms with E-state index in [4.69, 9.17) is 0 Å². The average Bonchev–Trinajstić information content (AvgIpc) is 3.48. The lowest BCUT2D eigenvalue weighted by molar-refractivity contribution is -0.130. The summed E-state index contributed by atoms with van der Waals surface area (Å²) >= 11 is 0. The molecule has 0 aliphatic rings. The van der Waals surface area contributed by atoms with Gasteiger partial charge in [-0.1, -0.05) is 152 Å². The first-order valence-electron chi connectivity index (χ1n) is 29.7. The van der Waals surface area contributed by atoms with Crippen LogP contribution in [0.2, 0.25) is 0 Å². The summed E-state index contributed by atoms with van der Waals surface area (Å²) in [5, 5.41) is 0. The van der Waals surface area contributed by atoms with Gasteiger partial charge in [0.05, 0.1) is 0 Å². The third kappa shape index (κ3) is 28.5. The molecule has 0 aliphatic heterocycles. The van der Waals surface area contributed by atoms with Crippen LogP contribution in [-0.4, -0.2) is 119 Å². The van der Waals surface area contributed by atoms with Crippen molar-refractivity contribution in [3.8, 4) is 0 Å². The van der Waals surface area contributed by atoms with Crippen LogP contribution in [0.25, 0.3) is 0 Å². The molecule has 8 nitrogen and oxygen atoms in total. The van der Waals surface area contributed by atoms with Crippen LogP contribution in [0, 0.1) is 11.6 Å². The van der Waals surface area contributed by atoms with Gasteiger partial charge in [0.2, 0.25) is 5.91 Å². The number of hydrogen-bond acceptors (Lipinski definition) is 5. The standard InChI is InChI=1S/C18H20FNO.C18H21NO.C13H19NO.C12H18FN.C12H19N/c1-14(2)20(18(21)16-6-4-3-5-7-16)13-12-15-8-10-17(19)11-9-15;1-15(2)19(14-13-16-9-5-3-6-10-16)18(20)17-11-7-4-8-12-17;1-11(2)14(12(3)15)10-9-13-7-5-4-6-8-13;1-10(2)14(3)9-8-11-4-6-12(13)7-5-11;1-11(2)13(3)10-9-12-7-5-4-6-8-12/h3-11,14H,12-13H2,1-2H3;3-12,15H,13-14H2,1-2H3;4-8,11H,9-10H2,1-3H3;4-7,10H,8-9H2,1-3H3;4-8,11H,9-10H2,1-3H3. The maximum absolute atomic E-state index is 12.9. The molecule has 7 aromatic carbocycles. The molecular formula is C73H97F2N5O3. The molecule has 0 radical (unpaired) electrons. The summed E-state index contributed by atoms with van der Waals surface area (Å²) in [5.74, 6) is -0.101. The molecule has 0 atom stereocenters. The molecule has 10 heteroatoms. The predicted molar refractivity (Wildman–Crippen MR) is 344 cm³/mol. The Bertz CT molecular complexity index is 2800. The molecule has 83 heavy (non-hydrogen) atoms. The van der Waals surface area contributed by atoms with Crippen molar-refractivity contribution in [3.05, 3.63) is 251 Å². The Morgan fingerprint density at radius 2 is 0.542 bits per heavy atom. The lowest BCUT2D eigenvalue weighted by atomic mass is 10.1. The summed E-state index contributed by atoms with van der Waals surface area (Å²) < 4.78 is 25.5. The SMILES string of the molecule is CC(=O)N(CCc1ccccc1)C(C)C.CC(C)N(C)CCc1ccc(F)cc1.CC(C)N(C)CCc1ccccc1.CC(C)N(CCc1ccc(F)cc1)C(=O)c1ccccc1.CC(C)N(CCc1ccccc1)C(=O)c1ccccc1. The predicted octanol–water partition coefficient (Wildman–Crippen LogP) is 15.5. The van der Waals surface area contributed by atoms with Crippen LogP contribution >= 0.6 is 0 Å². The van der Waals surface area contributed by atoms with Gasteiger partial charge in [-0.25, -0.2) is 8.78 Å². The Labute approximate surface area is 499 Å². The van der Waals surface area contributed by atoms with Crippen LogP contribution in [0.5, 0.6) is 0 Å². The molecule has 0 unspecified atom stereocenters. The second-order valence-electron chi connectivity index (χ2n) is 22.3. The van der Waals surface area contributed by atoms with Crippen molar-refractivity contribution < 1.29 is 23.2 Å². The maximum atomic E-state index is 12.9. The van der Waals surface area contributed by atoms with Crippen molar-refractivity contribution >= 4 is 17.7 Å². The maximum Gasteiger partial charge on any atom is 0.254 e. The summed E-state index contributed by atoms with van der Waals surface area (Å²) in [5.41, 5.74) is 7.65. The van der Waals surface area contributed by atoms with Gasteiger partial charge in [0.15, 0.2) is 0 Å². The lowest BCUT2D eigenvalue weighted by Gasteiger charge is -2.27. The van der Waals surface area contributed by atoms with E-state index in [1.165, 1.54) is 46.5 Å². The molecule has 0 heterocycles. The number of amides is 3. The van der Waals surface area contributed by atoms with Gasteiger partial charge >= 0.3 is 0 Å². The summed E-state index contributed by atoms with van der Waals surface area (Å²) in [4.78, 5) is 46.7. The minimum Gasteiger partial charge on any atom is -0.340 e. The van der Waals surface area contributed by atoms with E-state index in [1.54, 1.807) is 19.1 Å². The molecule has 0 bridgehead atoms. The van der Waals surface area contributed by atoms with E-state index in [0.717, 1.165) is 69.4 Å². The number of carbonyl (C=O) groups excluding carboxylic acids is 3. The molecule has 0 aromatic heterocycles. The highest BCUT2D eigenvalue weighted by molar-refractivity contribution is 5.95. The van der Waals surface area contributed by atoms with E-state index in [2.05, 4.69) is 120 Å².